The fourth-order valence-corrected chi connectivity index (χ4v) is 4.08. The van der Waals surface area contributed by atoms with E-state index in [1.54, 1.807) is 24.5 Å². The molecule has 0 saturated heterocycles. The van der Waals surface area contributed by atoms with E-state index in [1.807, 2.05) is 49.5 Å². The Bertz CT molecular complexity index is 1320. The fourth-order valence-electron chi connectivity index (χ4n) is 4.08. The lowest BCUT2D eigenvalue weighted by molar-refractivity contribution is -0.116. The molecule has 0 aliphatic carbocycles. The molecule has 5 nitrogen and oxygen atoms in total. The molecule has 5 aromatic rings. The van der Waals surface area contributed by atoms with Crippen LogP contribution in [-0.2, 0) is 4.79 Å². The third-order valence-electron chi connectivity index (χ3n) is 5.37. The van der Waals surface area contributed by atoms with Gasteiger partial charge in [-0.3, -0.25) is 9.78 Å². The smallest absolute Gasteiger partial charge is 0.236 e. The predicted molar refractivity (Wildman–Crippen MR) is 116 cm³/mol. The first kappa shape index (κ1) is 17.3. The highest BCUT2D eigenvalue weighted by Crippen LogP contribution is 2.37. The number of carbonyl (C=O) groups is 1. The van der Waals surface area contributed by atoms with Gasteiger partial charge in [0.25, 0.3) is 0 Å². The van der Waals surface area contributed by atoms with Gasteiger partial charge in [-0.2, -0.15) is 0 Å². The summed E-state index contributed by atoms with van der Waals surface area (Å²) >= 11 is 0. The molecule has 3 aromatic heterocycles. The minimum Gasteiger partial charge on any atom is -0.361 e. The molecule has 0 aliphatic rings. The van der Waals surface area contributed by atoms with Gasteiger partial charge in [0.2, 0.25) is 5.91 Å². The lowest BCUT2D eigenvalue weighted by Gasteiger charge is -2.18. The summed E-state index contributed by atoms with van der Waals surface area (Å²) in [7, 11) is 0. The number of anilines is 1. The molecule has 0 bridgehead atoms. The molecular weight excluding hydrogens is 360 g/mol. The van der Waals surface area contributed by atoms with Gasteiger partial charge in [0.15, 0.2) is 0 Å². The zero-order valence-corrected chi connectivity index (χ0v) is 15.9. The molecule has 0 fully saturated rings. The molecule has 1 amide bonds. The number of nitrogens with one attached hydrogen (secondary N) is 3. The third kappa shape index (κ3) is 2.97. The number of aromatic amines is 2. The van der Waals surface area contributed by atoms with Crippen LogP contribution in [0.1, 0.15) is 22.7 Å². The number of nitrogens with zero attached hydrogens (tertiary/aromatic N) is 1. The first-order valence-corrected chi connectivity index (χ1v) is 9.56. The van der Waals surface area contributed by atoms with Crippen molar-refractivity contribution in [2.75, 3.05) is 5.32 Å². The van der Waals surface area contributed by atoms with Crippen LogP contribution in [0.15, 0.2) is 79.3 Å². The monoisotopic (exact) mass is 380 g/mol. The first-order valence-electron chi connectivity index (χ1n) is 9.56. The van der Waals surface area contributed by atoms with Crippen LogP contribution in [0.3, 0.4) is 0 Å². The summed E-state index contributed by atoms with van der Waals surface area (Å²) in [6, 6.07) is 19.8. The highest BCUT2D eigenvalue weighted by Gasteiger charge is 2.29. The van der Waals surface area contributed by atoms with Gasteiger partial charge in [0.05, 0.1) is 5.92 Å². The Hall–Kier alpha value is -3.86. The summed E-state index contributed by atoms with van der Waals surface area (Å²) in [5, 5.41) is 5.18. The second-order valence-corrected chi connectivity index (χ2v) is 7.16. The average molecular weight is 380 g/mol. The fraction of sp³-hybridized carbons (Fsp3) is 0.0833. The molecule has 29 heavy (non-hydrogen) atoms. The second-order valence-electron chi connectivity index (χ2n) is 7.16. The van der Waals surface area contributed by atoms with Crippen LogP contribution in [0.25, 0.3) is 21.8 Å². The van der Waals surface area contributed by atoms with Crippen molar-refractivity contribution in [1.29, 1.82) is 0 Å². The molecular formula is C24H20N4O. The zero-order valence-electron chi connectivity index (χ0n) is 15.9. The van der Waals surface area contributed by atoms with Gasteiger partial charge in [0.1, 0.15) is 0 Å². The number of aryl methyl sites for hydroxylation is 1. The van der Waals surface area contributed by atoms with E-state index in [0.29, 0.717) is 0 Å². The Labute approximate surface area is 167 Å². The third-order valence-corrected chi connectivity index (χ3v) is 5.37. The Kier molecular flexibility index (Phi) is 4.13. The molecule has 5 heteroatoms. The predicted octanol–water partition coefficient (Wildman–Crippen LogP) is 5.12. The minimum atomic E-state index is -0.463. The molecule has 1 unspecified atom stereocenters. The quantitative estimate of drug-likeness (QED) is 0.405. The SMILES string of the molecule is Cc1[nH]c2ccccc2c1C(C(=O)Nc1ccncc1)c1c[nH]c2ccccc12. The molecule has 0 spiro atoms. The van der Waals surface area contributed by atoms with E-state index in [4.69, 9.17) is 0 Å². The number of amides is 1. The molecule has 5 rings (SSSR count). The maximum atomic E-state index is 13.6. The number of pyridine rings is 1. The van der Waals surface area contributed by atoms with Gasteiger partial charge < -0.3 is 15.3 Å². The molecule has 2 aromatic carbocycles. The number of benzene rings is 2. The van der Waals surface area contributed by atoms with Crippen LogP contribution in [-0.4, -0.2) is 20.9 Å². The lowest BCUT2D eigenvalue weighted by Crippen LogP contribution is -2.22. The maximum absolute atomic E-state index is 13.6. The topological polar surface area (TPSA) is 73.6 Å². The largest absolute Gasteiger partial charge is 0.361 e. The van der Waals surface area contributed by atoms with Crippen LogP contribution in [0.5, 0.6) is 0 Å². The summed E-state index contributed by atoms with van der Waals surface area (Å²) in [6.07, 6.45) is 5.29. The number of hydrogen-bond donors (Lipinski definition) is 3. The minimum absolute atomic E-state index is 0.0752. The van der Waals surface area contributed by atoms with E-state index in [0.717, 1.165) is 44.3 Å². The Morgan fingerprint density at radius 3 is 2.41 bits per heavy atom. The van der Waals surface area contributed by atoms with Crippen molar-refractivity contribution in [2.45, 2.75) is 12.8 Å². The normalized spacial score (nSPS) is 12.3. The average Bonchev–Trinajstić information content (AvgIpc) is 3.31. The number of hydrogen-bond acceptors (Lipinski definition) is 2. The Morgan fingerprint density at radius 2 is 1.62 bits per heavy atom. The lowest BCUT2D eigenvalue weighted by atomic mass is 9.88. The first-order chi connectivity index (χ1) is 14.2. The maximum Gasteiger partial charge on any atom is 0.236 e. The summed E-state index contributed by atoms with van der Waals surface area (Å²) < 4.78 is 0. The summed E-state index contributed by atoms with van der Waals surface area (Å²) in [5.41, 5.74) is 5.72. The van der Waals surface area contributed by atoms with Crippen molar-refractivity contribution in [1.82, 2.24) is 15.0 Å². The van der Waals surface area contributed by atoms with E-state index in [2.05, 4.69) is 32.4 Å². The van der Waals surface area contributed by atoms with Crippen molar-refractivity contribution < 1.29 is 4.79 Å². The van der Waals surface area contributed by atoms with Crippen molar-refractivity contribution in [3.63, 3.8) is 0 Å². The number of H-pyrrole nitrogens is 2. The van der Waals surface area contributed by atoms with Gasteiger partial charge in [0, 0.05) is 51.8 Å². The second kappa shape index (κ2) is 6.95. The van der Waals surface area contributed by atoms with Crippen molar-refractivity contribution >= 4 is 33.4 Å². The summed E-state index contributed by atoms with van der Waals surface area (Å²) in [5.74, 6) is -0.538. The van der Waals surface area contributed by atoms with Crippen molar-refractivity contribution in [3.8, 4) is 0 Å². The number of carbonyl (C=O) groups excluding carboxylic acids is 1. The molecule has 3 N–H and O–H groups in total. The molecule has 3 heterocycles. The molecule has 0 radical (unpaired) electrons. The van der Waals surface area contributed by atoms with E-state index in [1.165, 1.54) is 0 Å². The van der Waals surface area contributed by atoms with Crippen LogP contribution in [0.4, 0.5) is 5.69 Å². The van der Waals surface area contributed by atoms with Crippen molar-refractivity contribution in [2.24, 2.45) is 0 Å². The summed E-state index contributed by atoms with van der Waals surface area (Å²) in [6.45, 7) is 2.02. The van der Waals surface area contributed by atoms with Crippen LogP contribution in [0.2, 0.25) is 0 Å². The standard InChI is InChI=1S/C24H20N4O/c1-15-22(18-7-3-5-9-21(18)27-15)23(24(29)28-16-10-12-25-13-11-16)19-14-26-20-8-4-2-6-17(19)20/h2-14,23,26-27H,1H3,(H,25,28,29). The number of rotatable bonds is 4. The van der Waals surface area contributed by atoms with Crippen LogP contribution >= 0.6 is 0 Å². The Balaban J connectivity index is 1.71. The highest BCUT2D eigenvalue weighted by molar-refractivity contribution is 6.04. The molecule has 1 atom stereocenters. The number of aromatic nitrogens is 3. The van der Waals surface area contributed by atoms with Gasteiger partial charge in [-0.1, -0.05) is 36.4 Å². The highest BCUT2D eigenvalue weighted by atomic mass is 16.1. The van der Waals surface area contributed by atoms with Gasteiger partial charge in [-0.15, -0.1) is 0 Å². The number of para-hydroxylation sites is 2. The van der Waals surface area contributed by atoms with E-state index in [9.17, 15) is 4.79 Å². The van der Waals surface area contributed by atoms with E-state index >= 15 is 0 Å². The van der Waals surface area contributed by atoms with Gasteiger partial charge in [-0.25, -0.2) is 0 Å². The van der Waals surface area contributed by atoms with Gasteiger partial charge in [-0.05, 0) is 42.3 Å². The molecule has 0 aliphatic heterocycles. The van der Waals surface area contributed by atoms with Crippen molar-refractivity contribution in [3.05, 3.63) is 96.1 Å². The molecule has 0 saturated carbocycles. The summed E-state index contributed by atoms with van der Waals surface area (Å²) in [4.78, 5) is 24.4. The van der Waals surface area contributed by atoms with Crippen LogP contribution in [0, 0.1) is 6.92 Å². The number of fused-ring (bicyclic) bond motifs is 2. The molecule has 142 valence electrons. The van der Waals surface area contributed by atoms with E-state index < -0.39 is 5.92 Å². The van der Waals surface area contributed by atoms with Crippen LogP contribution < -0.4 is 5.32 Å². The Morgan fingerprint density at radius 1 is 0.931 bits per heavy atom. The van der Waals surface area contributed by atoms with Gasteiger partial charge >= 0.3 is 0 Å². The zero-order chi connectivity index (χ0) is 19.8. The van der Waals surface area contributed by atoms with E-state index in [-0.39, 0.29) is 5.91 Å².